The van der Waals surface area contributed by atoms with Crippen molar-refractivity contribution in [2.45, 2.75) is 20.3 Å². The summed E-state index contributed by atoms with van der Waals surface area (Å²) in [4.78, 5) is 6.93. The number of oxime groups is 1. The number of hydrogen-bond donors (Lipinski definition) is 0. The van der Waals surface area contributed by atoms with Gasteiger partial charge in [-0.3, -0.25) is 0 Å². The van der Waals surface area contributed by atoms with Gasteiger partial charge < -0.3 is 9.74 Å². The molecule has 1 aliphatic carbocycles. The highest BCUT2D eigenvalue weighted by Crippen LogP contribution is 2.35. The lowest BCUT2D eigenvalue weighted by molar-refractivity contribution is 0.215. The molecule has 0 saturated heterocycles. The average Bonchev–Trinajstić information content (AvgIpc) is 2.74. The first-order valence-electron chi connectivity index (χ1n) is 6.78. The zero-order valence-electron chi connectivity index (χ0n) is 12.9. The zero-order chi connectivity index (χ0) is 14.7. The van der Waals surface area contributed by atoms with Crippen molar-refractivity contribution in [3.63, 3.8) is 0 Å². The Hall–Kier alpha value is -2.03. The molecule has 0 aliphatic heterocycles. The Balaban J connectivity index is 2.48. The summed E-state index contributed by atoms with van der Waals surface area (Å²) in [6.45, 7) is 4.34. The number of nitrogens with zero attached hydrogens (tertiary/aromatic N) is 2. The second-order valence-electron chi connectivity index (χ2n) is 5.41. The smallest absolute Gasteiger partial charge is 0.106 e. The fourth-order valence-corrected chi connectivity index (χ4v) is 2.55. The van der Waals surface area contributed by atoms with E-state index in [0.29, 0.717) is 0 Å². The molecular weight excluding hydrogens is 248 g/mol. The third-order valence-corrected chi connectivity index (χ3v) is 3.57. The van der Waals surface area contributed by atoms with E-state index in [-0.39, 0.29) is 0 Å². The van der Waals surface area contributed by atoms with Gasteiger partial charge >= 0.3 is 0 Å². The van der Waals surface area contributed by atoms with Crippen LogP contribution in [0.25, 0.3) is 5.57 Å². The van der Waals surface area contributed by atoms with Gasteiger partial charge in [0.1, 0.15) is 7.11 Å². The van der Waals surface area contributed by atoms with Crippen molar-refractivity contribution < 1.29 is 4.84 Å². The summed E-state index contributed by atoms with van der Waals surface area (Å²) in [5.74, 6) is 0. The molecule has 0 heterocycles. The summed E-state index contributed by atoms with van der Waals surface area (Å²) < 4.78 is 0. The third-order valence-electron chi connectivity index (χ3n) is 3.57. The number of rotatable bonds is 4. The van der Waals surface area contributed by atoms with Gasteiger partial charge in [0, 0.05) is 25.3 Å². The molecule has 0 amide bonds. The summed E-state index contributed by atoms with van der Waals surface area (Å²) >= 11 is 0. The molecule has 3 nitrogen and oxygen atoms in total. The minimum absolute atomic E-state index is 1.01. The average molecular weight is 270 g/mol. The summed E-state index contributed by atoms with van der Waals surface area (Å²) in [5, 5.41) is 3.94. The number of allylic oxidation sites excluding steroid dienone is 4. The maximum Gasteiger partial charge on any atom is 0.106 e. The van der Waals surface area contributed by atoms with E-state index in [1.807, 2.05) is 14.1 Å². The third kappa shape index (κ3) is 2.93. The van der Waals surface area contributed by atoms with Crippen molar-refractivity contribution in [2.75, 3.05) is 26.1 Å². The van der Waals surface area contributed by atoms with Crippen molar-refractivity contribution >= 4 is 17.5 Å². The maximum absolute atomic E-state index is 4.84. The molecule has 0 saturated carbocycles. The Labute approximate surface area is 121 Å². The predicted molar refractivity (Wildman–Crippen MR) is 86.3 cm³/mol. The molecule has 0 bridgehead atoms. The van der Waals surface area contributed by atoms with E-state index in [1.54, 1.807) is 13.3 Å². The molecular formula is C17H22N2O. The molecule has 1 aliphatic rings. The van der Waals surface area contributed by atoms with Crippen molar-refractivity contribution in [3.05, 3.63) is 46.5 Å². The summed E-state index contributed by atoms with van der Waals surface area (Å²) in [5.41, 5.74) is 7.62. The van der Waals surface area contributed by atoms with Gasteiger partial charge in [0.15, 0.2) is 0 Å². The molecule has 0 radical (unpaired) electrons. The fraction of sp³-hybridized carbons (Fsp3) is 0.353. The Kier molecular flexibility index (Phi) is 4.28. The second-order valence-corrected chi connectivity index (χ2v) is 5.41. The molecule has 1 aromatic rings. The van der Waals surface area contributed by atoms with E-state index in [4.69, 9.17) is 4.84 Å². The predicted octanol–water partition coefficient (Wildman–Crippen LogP) is 3.86. The van der Waals surface area contributed by atoms with Crippen LogP contribution in [0.4, 0.5) is 5.69 Å². The Morgan fingerprint density at radius 2 is 2.00 bits per heavy atom. The molecule has 3 heteroatoms. The molecule has 106 valence electrons. The van der Waals surface area contributed by atoms with Crippen LogP contribution in [-0.2, 0) is 4.84 Å². The molecule has 20 heavy (non-hydrogen) atoms. The Bertz CT molecular complexity index is 595. The van der Waals surface area contributed by atoms with Crippen LogP contribution in [0.2, 0.25) is 0 Å². The number of hydrogen-bond acceptors (Lipinski definition) is 3. The van der Waals surface area contributed by atoms with Crippen LogP contribution in [0.15, 0.2) is 40.6 Å². The van der Waals surface area contributed by atoms with Crippen LogP contribution in [0.5, 0.6) is 0 Å². The molecule has 0 atom stereocenters. The molecule has 0 fully saturated rings. The molecule has 2 rings (SSSR count). The maximum atomic E-state index is 4.84. The van der Waals surface area contributed by atoms with Crippen molar-refractivity contribution in [1.82, 2.24) is 0 Å². The monoisotopic (exact) mass is 270 g/mol. The van der Waals surface area contributed by atoms with E-state index in [9.17, 15) is 0 Å². The Morgan fingerprint density at radius 1 is 1.25 bits per heavy atom. The number of benzene rings is 1. The van der Waals surface area contributed by atoms with Gasteiger partial charge in [-0.25, -0.2) is 0 Å². The minimum Gasteiger partial charge on any atom is -0.399 e. The summed E-state index contributed by atoms with van der Waals surface area (Å²) in [6, 6.07) is 6.47. The Morgan fingerprint density at radius 3 is 2.55 bits per heavy atom. The van der Waals surface area contributed by atoms with Gasteiger partial charge in [-0.2, -0.15) is 0 Å². The van der Waals surface area contributed by atoms with Crippen LogP contribution in [0, 0.1) is 0 Å². The molecule has 0 spiro atoms. The molecule has 0 N–H and O–H groups in total. The summed E-state index contributed by atoms with van der Waals surface area (Å²) in [7, 11) is 5.65. The SMILES string of the molecule is CON=Cc1cc(N(C)C)ccc1C1=C(C)C=C(C)C1. The summed E-state index contributed by atoms with van der Waals surface area (Å²) in [6.07, 6.45) is 5.06. The first-order chi connectivity index (χ1) is 9.52. The van der Waals surface area contributed by atoms with Gasteiger partial charge in [0.2, 0.25) is 0 Å². The second kappa shape index (κ2) is 5.95. The molecule has 0 unspecified atom stereocenters. The quantitative estimate of drug-likeness (QED) is 0.613. The standard InChI is InChI=1S/C17H22N2O/c1-12-8-13(2)17(9-12)16-7-6-15(19(3)4)10-14(16)11-18-20-5/h6-8,10-11H,9H2,1-5H3. The van der Waals surface area contributed by atoms with Crippen LogP contribution >= 0.6 is 0 Å². The van der Waals surface area contributed by atoms with Crippen molar-refractivity contribution in [2.24, 2.45) is 5.16 Å². The lowest BCUT2D eigenvalue weighted by atomic mass is 9.95. The van der Waals surface area contributed by atoms with E-state index >= 15 is 0 Å². The van der Waals surface area contributed by atoms with Crippen molar-refractivity contribution in [1.29, 1.82) is 0 Å². The van der Waals surface area contributed by atoms with Gasteiger partial charge in [0.05, 0.1) is 6.21 Å². The zero-order valence-corrected chi connectivity index (χ0v) is 12.9. The van der Waals surface area contributed by atoms with Gasteiger partial charge in [-0.15, -0.1) is 0 Å². The highest BCUT2D eigenvalue weighted by atomic mass is 16.6. The topological polar surface area (TPSA) is 24.8 Å². The fourth-order valence-electron chi connectivity index (χ4n) is 2.55. The molecule has 0 aromatic heterocycles. The minimum atomic E-state index is 1.01. The first kappa shape index (κ1) is 14.4. The highest BCUT2D eigenvalue weighted by Gasteiger charge is 2.15. The van der Waals surface area contributed by atoms with E-state index < -0.39 is 0 Å². The normalized spacial score (nSPS) is 14.9. The van der Waals surface area contributed by atoms with E-state index in [1.165, 1.54) is 22.3 Å². The first-order valence-corrected chi connectivity index (χ1v) is 6.78. The largest absolute Gasteiger partial charge is 0.399 e. The highest BCUT2D eigenvalue weighted by molar-refractivity contribution is 5.92. The molecule has 1 aromatic carbocycles. The lowest BCUT2D eigenvalue weighted by Crippen LogP contribution is -2.09. The van der Waals surface area contributed by atoms with Gasteiger partial charge in [0.25, 0.3) is 0 Å². The lowest BCUT2D eigenvalue weighted by Gasteiger charge is -2.16. The van der Waals surface area contributed by atoms with Crippen molar-refractivity contribution in [3.8, 4) is 0 Å². The van der Waals surface area contributed by atoms with Crippen LogP contribution in [-0.4, -0.2) is 27.4 Å². The number of anilines is 1. The van der Waals surface area contributed by atoms with Gasteiger partial charge in [-0.05, 0) is 49.1 Å². The van der Waals surface area contributed by atoms with Crippen LogP contribution in [0.3, 0.4) is 0 Å². The van der Waals surface area contributed by atoms with E-state index in [0.717, 1.165) is 17.7 Å². The van der Waals surface area contributed by atoms with E-state index in [2.05, 4.69) is 48.2 Å². The van der Waals surface area contributed by atoms with Crippen LogP contribution in [0.1, 0.15) is 31.4 Å². The van der Waals surface area contributed by atoms with Crippen LogP contribution < -0.4 is 4.90 Å². The van der Waals surface area contributed by atoms with Gasteiger partial charge in [-0.1, -0.05) is 22.9 Å².